The van der Waals surface area contributed by atoms with Gasteiger partial charge < -0.3 is 10.6 Å². The molecule has 0 radical (unpaired) electrons. The molecule has 0 amide bonds. The molecule has 3 aromatic heterocycles. The molecule has 3 aliphatic rings. The summed E-state index contributed by atoms with van der Waals surface area (Å²) < 4.78 is 25.3. The standard InChI is InChI=1S/C22H27N9O2S/c1-24-20-22(9-3-2-4-10-22)30-18(31(29-20)16-6-7-16)11-14-12-26-21(28-19(14)30)27-15-5-8-17(25-13-15)34(23,32)33/h5,8,11-13,16H,2-4,6-7,9-10H2,1H3,(H,24,29)(H2,23,32,33)(H,26,27,28). The van der Waals surface area contributed by atoms with Crippen molar-refractivity contribution in [1.29, 1.82) is 0 Å². The monoisotopic (exact) mass is 481 g/mol. The van der Waals surface area contributed by atoms with Crippen molar-refractivity contribution in [2.45, 2.75) is 61.6 Å². The molecule has 12 heteroatoms. The first kappa shape index (κ1) is 21.3. The fourth-order valence-corrected chi connectivity index (χ4v) is 5.66. The van der Waals surface area contributed by atoms with Crippen LogP contribution in [0.2, 0.25) is 0 Å². The number of fused-ring (bicyclic) bond motifs is 4. The molecule has 4 heterocycles. The van der Waals surface area contributed by atoms with Crippen molar-refractivity contribution < 1.29 is 8.42 Å². The summed E-state index contributed by atoms with van der Waals surface area (Å²) in [5, 5.41) is 19.7. The summed E-state index contributed by atoms with van der Waals surface area (Å²) in [6, 6.07) is 5.51. The van der Waals surface area contributed by atoms with Gasteiger partial charge >= 0.3 is 0 Å². The Hall–Kier alpha value is -3.25. The summed E-state index contributed by atoms with van der Waals surface area (Å²) in [7, 11) is -1.89. The van der Waals surface area contributed by atoms with Crippen LogP contribution in [0.4, 0.5) is 17.5 Å². The topological polar surface area (TPSA) is 143 Å². The summed E-state index contributed by atoms with van der Waals surface area (Å²) in [5.74, 6) is 2.49. The minimum atomic E-state index is -3.85. The van der Waals surface area contributed by atoms with Crippen molar-refractivity contribution in [3.63, 3.8) is 0 Å². The molecule has 0 unspecified atom stereocenters. The number of nitrogens with two attached hydrogens (primary N) is 1. The van der Waals surface area contributed by atoms with E-state index in [0.717, 1.165) is 61.2 Å². The highest BCUT2D eigenvalue weighted by molar-refractivity contribution is 7.89. The molecule has 178 valence electrons. The van der Waals surface area contributed by atoms with E-state index in [0.29, 0.717) is 17.7 Å². The van der Waals surface area contributed by atoms with E-state index in [1.54, 1.807) is 6.07 Å². The Morgan fingerprint density at radius 2 is 1.91 bits per heavy atom. The van der Waals surface area contributed by atoms with Gasteiger partial charge in [0.15, 0.2) is 5.03 Å². The maximum absolute atomic E-state index is 11.5. The highest BCUT2D eigenvalue weighted by atomic mass is 32.2. The van der Waals surface area contributed by atoms with Gasteiger partial charge in [-0.2, -0.15) is 10.1 Å². The van der Waals surface area contributed by atoms with Crippen LogP contribution in [0.3, 0.4) is 0 Å². The molecule has 2 aliphatic carbocycles. The third kappa shape index (κ3) is 3.40. The molecule has 2 fully saturated rings. The van der Waals surface area contributed by atoms with Gasteiger partial charge in [0, 0.05) is 18.6 Å². The van der Waals surface area contributed by atoms with Crippen molar-refractivity contribution in [2.75, 3.05) is 17.4 Å². The van der Waals surface area contributed by atoms with Crippen LogP contribution < -0.4 is 20.8 Å². The lowest BCUT2D eigenvalue weighted by atomic mass is 9.79. The Kier molecular flexibility index (Phi) is 4.78. The Morgan fingerprint density at radius 1 is 1.12 bits per heavy atom. The van der Waals surface area contributed by atoms with Crippen LogP contribution in [0.25, 0.3) is 11.0 Å². The number of pyridine rings is 1. The van der Waals surface area contributed by atoms with Gasteiger partial charge in [-0.25, -0.2) is 28.5 Å². The third-order valence-corrected chi connectivity index (χ3v) is 7.75. The summed E-state index contributed by atoms with van der Waals surface area (Å²) in [6.45, 7) is 0. The smallest absolute Gasteiger partial charge is 0.255 e. The average molecular weight is 482 g/mol. The van der Waals surface area contributed by atoms with Gasteiger partial charge in [0.1, 0.15) is 22.8 Å². The molecule has 1 spiro atoms. The SMILES string of the molecule is CNC1=NN(C2CC2)c2cc3cnc(Nc4ccc(S(N)(=O)=O)nc4)nc3n2C12CCCCC2. The number of nitrogens with zero attached hydrogens (tertiary/aromatic N) is 6. The Balaban J connectivity index is 1.44. The van der Waals surface area contributed by atoms with E-state index >= 15 is 0 Å². The van der Waals surface area contributed by atoms with Gasteiger partial charge in [0.25, 0.3) is 10.0 Å². The number of primary sulfonamides is 1. The lowest BCUT2D eigenvalue weighted by Gasteiger charge is -2.45. The predicted molar refractivity (Wildman–Crippen MR) is 129 cm³/mol. The molecule has 3 aromatic rings. The number of likely N-dealkylation sites (N-methyl/N-ethyl adjacent to an activating group) is 1. The second-order valence-corrected chi connectivity index (χ2v) is 10.7. The highest BCUT2D eigenvalue weighted by Gasteiger charge is 2.47. The first-order chi connectivity index (χ1) is 16.4. The Morgan fingerprint density at radius 3 is 2.56 bits per heavy atom. The van der Waals surface area contributed by atoms with E-state index in [-0.39, 0.29) is 10.6 Å². The normalized spacial score (nSPS) is 19.7. The zero-order valence-corrected chi connectivity index (χ0v) is 19.7. The highest BCUT2D eigenvalue weighted by Crippen LogP contribution is 2.47. The maximum atomic E-state index is 11.5. The van der Waals surface area contributed by atoms with Crippen molar-refractivity contribution in [3.05, 3.63) is 30.6 Å². The Bertz CT molecular complexity index is 1390. The van der Waals surface area contributed by atoms with E-state index in [2.05, 4.69) is 36.2 Å². The van der Waals surface area contributed by atoms with E-state index in [9.17, 15) is 8.42 Å². The molecule has 4 N–H and O–H groups in total. The van der Waals surface area contributed by atoms with Gasteiger partial charge in [-0.3, -0.25) is 4.57 Å². The second kappa shape index (κ2) is 7.64. The molecule has 0 saturated heterocycles. The second-order valence-electron chi connectivity index (χ2n) is 9.23. The zero-order valence-electron chi connectivity index (χ0n) is 18.9. The quantitative estimate of drug-likeness (QED) is 0.515. The fraction of sp³-hybridized carbons (Fsp3) is 0.455. The number of hydrogen-bond donors (Lipinski definition) is 3. The van der Waals surface area contributed by atoms with Gasteiger partial charge in [-0.15, -0.1) is 0 Å². The van der Waals surface area contributed by atoms with E-state index in [4.69, 9.17) is 15.2 Å². The van der Waals surface area contributed by atoms with Gasteiger partial charge in [0.2, 0.25) is 5.95 Å². The maximum Gasteiger partial charge on any atom is 0.255 e. The average Bonchev–Trinajstić information content (AvgIpc) is 3.59. The summed E-state index contributed by atoms with van der Waals surface area (Å²) in [6.07, 6.45) is 11.0. The van der Waals surface area contributed by atoms with Crippen LogP contribution in [0.15, 0.2) is 40.7 Å². The van der Waals surface area contributed by atoms with Crippen molar-refractivity contribution in [3.8, 4) is 0 Å². The molecule has 11 nitrogen and oxygen atoms in total. The van der Waals surface area contributed by atoms with E-state index < -0.39 is 10.0 Å². The summed E-state index contributed by atoms with van der Waals surface area (Å²) >= 11 is 0. The number of amidine groups is 1. The number of anilines is 3. The third-order valence-electron chi connectivity index (χ3n) is 6.93. The van der Waals surface area contributed by atoms with Crippen LogP contribution in [-0.4, -0.2) is 46.9 Å². The number of hydrazone groups is 1. The lowest BCUT2D eigenvalue weighted by Crippen LogP contribution is -2.54. The fourth-order valence-electron chi connectivity index (χ4n) is 5.20. The molecule has 0 atom stereocenters. The van der Waals surface area contributed by atoms with Crippen LogP contribution in [0.1, 0.15) is 44.9 Å². The van der Waals surface area contributed by atoms with Gasteiger partial charge in [-0.05, 0) is 43.9 Å². The van der Waals surface area contributed by atoms with Gasteiger partial charge in [0.05, 0.1) is 17.9 Å². The molecular formula is C22H27N9O2S. The van der Waals surface area contributed by atoms with Crippen molar-refractivity contribution in [2.24, 2.45) is 10.2 Å². The molecule has 1 aliphatic heterocycles. The molecular weight excluding hydrogens is 454 g/mol. The van der Waals surface area contributed by atoms with Crippen LogP contribution in [0, 0.1) is 0 Å². The number of aromatic nitrogens is 4. The van der Waals surface area contributed by atoms with Crippen LogP contribution in [0.5, 0.6) is 0 Å². The minimum absolute atomic E-state index is 0.187. The number of hydrogen-bond acceptors (Lipinski definition) is 9. The summed E-state index contributed by atoms with van der Waals surface area (Å²) in [5.41, 5.74) is 1.18. The molecule has 0 aromatic carbocycles. The molecule has 0 bridgehead atoms. The molecule has 6 rings (SSSR count). The van der Waals surface area contributed by atoms with E-state index in [1.165, 1.54) is 18.7 Å². The van der Waals surface area contributed by atoms with E-state index in [1.807, 2.05) is 13.2 Å². The number of nitrogens with one attached hydrogen (secondary N) is 2. The number of rotatable bonds is 4. The van der Waals surface area contributed by atoms with Gasteiger partial charge in [-0.1, -0.05) is 19.3 Å². The minimum Gasteiger partial charge on any atom is -0.373 e. The van der Waals surface area contributed by atoms with Crippen molar-refractivity contribution >= 4 is 44.3 Å². The largest absolute Gasteiger partial charge is 0.373 e. The predicted octanol–water partition coefficient (Wildman–Crippen LogP) is 2.39. The lowest BCUT2D eigenvalue weighted by molar-refractivity contribution is 0.275. The number of sulfonamides is 1. The Labute approximate surface area is 197 Å². The molecule has 2 saturated carbocycles. The zero-order chi connectivity index (χ0) is 23.5. The van der Waals surface area contributed by atoms with Crippen molar-refractivity contribution in [1.82, 2.24) is 24.8 Å². The first-order valence-electron chi connectivity index (χ1n) is 11.6. The van der Waals surface area contributed by atoms with Crippen LogP contribution >= 0.6 is 0 Å². The van der Waals surface area contributed by atoms with Crippen LogP contribution in [-0.2, 0) is 15.6 Å². The molecule has 34 heavy (non-hydrogen) atoms. The summed E-state index contributed by atoms with van der Waals surface area (Å²) in [4.78, 5) is 13.3. The first-order valence-corrected chi connectivity index (χ1v) is 13.1.